The SMILES string of the molecule is CCC1(CC)CSC(Nc2cccc(Br)c2C)=N1. The Bertz CT molecular complexity index is 467. The number of benzene rings is 1. The van der Waals surface area contributed by atoms with Crippen molar-refractivity contribution in [3.63, 3.8) is 0 Å². The van der Waals surface area contributed by atoms with Crippen molar-refractivity contribution >= 4 is 38.5 Å². The summed E-state index contributed by atoms with van der Waals surface area (Å²) < 4.78 is 1.13. The molecule has 0 radical (unpaired) electrons. The number of nitrogens with one attached hydrogen (secondary N) is 1. The van der Waals surface area contributed by atoms with Crippen LogP contribution in [0.4, 0.5) is 5.69 Å². The zero-order chi connectivity index (χ0) is 13.2. The molecule has 1 N–H and O–H groups in total. The van der Waals surface area contributed by atoms with Crippen LogP contribution in [0.5, 0.6) is 0 Å². The van der Waals surface area contributed by atoms with Crippen molar-refractivity contribution in [2.45, 2.75) is 39.2 Å². The standard InChI is InChI=1S/C14H19BrN2S/c1-4-14(5-2)9-18-13(17-14)16-12-8-6-7-11(15)10(12)3/h6-8H,4-5,9H2,1-3H3,(H,16,17). The van der Waals surface area contributed by atoms with Gasteiger partial charge in [0.25, 0.3) is 0 Å². The van der Waals surface area contributed by atoms with Gasteiger partial charge in [0.1, 0.15) is 0 Å². The third-order valence-electron chi connectivity index (χ3n) is 3.64. The van der Waals surface area contributed by atoms with Crippen LogP contribution in [0.15, 0.2) is 27.7 Å². The molecule has 0 spiro atoms. The lowest BCUT2D eigenvalue weighted by molar-refractivity contribution is 0.456. The molecule has 1 aliphatic rings. The first-order valence-electron chi connectivity index (χ1n) is 6.35. The molecular formula is C14H19BrN2S. The third-order valence-corrected chi connectivity index (χ3v) is 5.65. The Balaban J connectivity index is 2.18. The molecule has 2 nitrogen and oxygen atoms in total. The fourth-order valence-corrected chi connectivity index (χ4v) is 3.70. The number of aliphatic imine (C=N–C) groups is 1. The van der Waals surface area contributed by atoms with Gasteiger partial charge in [-0.3, -0.25) is 4.99 Å². The molecule has 18 heavy (non-hydrogen) atoms. The molecule has 98 valence electrons. The quantitative estimate of drug-likeness (QED) is 0.860. The number of rotatable bonds is 3. The fourth-order valence-electron chi connectivity index (χ4n) is 2.02. The Kier molecular flexibility index (Phi) is 4.38. The number of thioether (sulfide) groups is 1. The predicted molar refractivity (Wildman–Crippen MR) is 85.7 cm³/mol. The van der Waals surface area contributed by atoms with Crippen LogP contribution in [0.3, 0.4) is 0 Å². The van der Waals surface area contributed by atoms with Crippen molar-refractivity contribution in [3.8, 4) is 0 Å². The minimum absolute atomic E-state index is 0.146. The highest BCUT2D eigenvalue weighted by Crippen LogP contribution is 2.34. The number of halogens is 1. The first-order chi connectivity index (χ1) is 8.60. The van der Waals surface area contributed by atoms with Gasteiger partial charge in [0, 0.05) is 15.9 Å². The van der Waals surface area contributed by atoms with Crippen molar-refractivity contribution in [1.82, 2.24) is 0 Å². The maximum Gasteiger partial charge on any atom is 0.161 e. The Hall–Kier alpha value is -0.480. The summed E-state index contributed by atoms with van der Waals surface area (Å²) in [6, 6.07) is 6.21. The molecule has 1 aromatic rings. The van der Waals surface area contributed by atoms with Crippen LogP contribution in [0.25, 0.3) is 0 Å². The van der Waals surface area contributed by atoms with E-state index in [2.05, 4.69) is 54.2 Å². The van der Waals surface area contributed by atoms with Gasteiger partial charge in [-0.1, -0.05) is 47.6 Å². The van der Waals surface area contributed by atoms with Gasteiger partial charge in [-0.05, 0) is 37.5 Å². The predicted octanol–water partition coefficient (Wildman–Crippen LogP) is 4.83. The van der Waals surface area contributed by atoms with Crippen molar-refractivity contribution in [2.75, 3.05) is 11.1 Å². The van der Waals surface area contributed by atoms with Crippen molar-refractivity contribution in [1.29, 1.82) is 0 Å². The van der Waals surface area contributed by atoms with Gasteiger partial charge in [0.15, 0.2) is 5.17 Å². The lowest BCUT2D eigenvalue weighted by Crippen LogP contribution is -2.24. The average molecular weight is 327 g/mol. The molecule has 0 saturated heterocycles. The first kappa shape index (κ1) is 13.9. The van der Waals surface area contributed by atoms with Crippen LogP contribution in [-0.4, -0.2) is 16.5 Å². The summed E-state index contributed by atoms with van der Waals surface area (Å²) in [5.74, 6) is 1.09. The summed E-state index contributed by atoms with van der Waals surface area (Å²) >= 11 is 5.39. The summed E-state index contributed by atoms with van der Waals surface area (Å²) in [7, 11) is 0. The molecule has 1 heterocycles. The van der Waals surface area contributed by atoms with E-state index in [1.807, 2.05) is 17.8 Å². The number of anilines is 1. The second-order valence-corrected chi connectivity index (χ2v) is 6.49. The van der Waals surface area contributed by atoms with E-state index in [1.165, 1.54) is 5.56 Å². The summed E-state index contributed by atoms with van der Waals surface area (Å²) in [5.41, 5.74) is 2.51. The lowest BCUT2D eigenvalue weighted by atomic mass is 9.97. The van der Waals surface area contributed by atoms with Gasteiger partial charge in [0.2, 0.25) is 0 Å². The molecule has 0 aromatic heterocycles. The van der Waals surface area contributed by atoms with E-state index in [0.29, 0.717) is 0 Å². The summed E-state index contributed by atoms with van der Waals surface area (Å²) in [4.78, 5) is 4.88. The van der Waals surface area contributed by atoms with E-state index in [4.69, 9.17) is 4.99 Å². The first-order valence-corrected chi connectivity index (χ1v) is 8.13. The van der Waals surface area contributed by atoms with Crippen LogP contribution in [0, 0.1) is 6.92 Å². The maximum atomic E-state index is 4.88. The largest absolute Gasteiger partial charge is 0.335 e. The number of hydrogen-bond acceptors (Lipinski definition) is 3. The second-order valence-electron chi connectivity index (χ2n) is 4.67. The van der Waals surface area contributed by atoms with Crippen LogP contribution in [0.2, 0.25) is 0 Å². The van der Waals surface area contributed by atoms with E-state index in [9.17, 15) is 0 Å². The van der Waals surface area contributed by atoms with Crippen molar-refractivity contribution in [3.05, 3.63) is 28.2 Å². The lowest BCUT2D eigenvalue weighted by Gasteiger charge is -2.20. The topological polar surface area (TPSA) is 24.4 Å². The normalized spacial score (nSPS) is 17.7. The van der Waals surface area contributed by atoms with Gasteiger partial charge >= 0.3 is 0 Å². The zero-order valence-corrected chi connectivity index (χ0v) is 13.5. The van der Waals surface area contributed by atoms with Crippen LogP contribution in [-0.2, 0) is 0 Å². The molecular weight excluding hydrogens is 308 g/mol. The van der Waals surface area contributed by atoms with E-state index < -0.39 is 0 Å². The molecule has 1 aliphatic heterocycles. The second kappa shape index (κ2) is 5.66. The van der Waals surface area contributed by atoms with E-state index in [-0.39, 0.29) is 5.54 Å². The van der Waals surface area contributed by atoms with E-state index in [1.54, 1.807) is 0 Å². The minimum atomic E-state index is 0.146. The molecule has 0 unspecified atom stereocenters. The molecule has 0 atom stereocenters. The Morgan fingerprint density at radius 1 is 1.39 bits per heavy atom. The van der Waals surface area contributed by atoms with Crippen LogP contribution in [0.1, 0.15) is 32.3 Å². The molecule has 0 saturated carbocycles. The van der Waals surface area contributed by atoms with Gasteiger partial charge < -0.3 is 5.32 Å². The van der Waals surface area contributed by atoms with E-state index >= 15 is 0 Å². The van der Waals surface area contributed by atoms with Gasteiger partial charge in [-0.15, -0.1) is 0 Å². The minimum Gasteiger partial charge on any atom is -0.335 e. The number of nitrogens with zero attached hydrogens (tertiary/aromatic N) is 1. The van der Waals surface area contributed by atoms with Crippen LogP contribution < -0.4 is 5.32 Å². The number of amidine groups is 1. The highest BCUT2D eigenvalue weighted by atomic mass is 79.9. The maximum absolute atomic E-state index is 4.88. The zero-order valence-electron chi connectivity index (χ0n) is 11.1. The Morgan fingerprint density at radius 2 is 2.11 bits per heavy atom. The molecule has 4 heteroatoms. The van der Waals surface area contributed by atoms with Crippen molar-refractivity contribution in [2.24, 2.45) is 4.99 Å². The van der Waals surface area contributed by atoms with E-state index in [0.717, 1.165) is 33.9 Å². The van der Waals surface area contributed by atoms with Crippen LogP contribution >= 0.6 is 27.7 Å². The Labute approximate surface area is 122 Å². The molecule has 0 aliphatic carbocycles. The Morgan fingerprint density at radius 3 is 2.72 bits per heavy atom. The monoisotopic (exact) mass is 326 g/mol. The highest BCUT2D eigenvalue weighted by Gasteiger charge is 2.32. The molecule has 0 amide bonds. The smallest absolute Gasteiger partial charge is 0.161 e. The average Bonchev–Trinajstić information content (AvgIpc) is 2.79. The molecule has 0 fully saturated rings. The summed E-state index contributed by atoms with van der Waals surface area (Å²) in [5, 5.41) is 4.51. The molecule has 0 bridgehead atoms. The van der Waals surface area contributed by atoms with Crippen molar-refractivity contribution < 1.29 is 0 Å². The fraction of sp³-hybridized carbons (Fsp3) is 0.500. The molecule has 2 rings (SSSR count). The highest BCUT2D eigenvalue weighted by molar-refractivity contribution is 9.10. The summed E-state index contributed by atoms with van der Waals surface area (Å²) in [6.45, 7) is 6.56. The third kappa shape index (κ3) is 2.75. The number of hydrogen-bond donors (Lipinski definition) is 1. The summed E-state index contributed by atoms with van der Waals surface area (Å²) in [6.07, 6.45) is 2.22. The molecule has 1 aromatic carbocycles. The van der Waals surface area contributed by atoms with Gasteiger partial charge in [-0.2, -0.15) is 0 Å². The van der Waals surface area contributed by atoms with Gasteiger partial charge in [-0.25, -0.2) is 0 Å². The van der Waals surface area contributed by atoms with Gasteiger partial charge in [0.05, 0.1) is 5.54 Å².